The van der Waals surface area contributed by atoms with Crippen LogP contribution >= 0.6 is 0 Å². The first-order valence-corrected chi connectivity index (χ1v) is 7.58. The van der Waals surface area contributed by atoms with Crippen molar-refractivity contribution in [1.82, 2.24) is 0 Å². The molecule has 2 aliphatic heterocycles. The maximum Gasteiger partial charge on any atom is 0.230 e. The van der Waals surface area contributed by atoms with Crippen LogP contribution in [-0.4, -0.2) is 32.1 Å². The Balaban J connectivity index is 1.98. The summed E-state index contributed by atoms with van der Waals surface area (Å²) in [5, 5.41) is 0. The van der Waals surface area contributed by atoms with Gasteiger partial charge in [-0.1, -0.05) is 19.9 Å². The summed E-state index contributed by atoms with van der Waals surface area (Å²) in [4.78, 5) is 17.0. The number of rotatable bonds is 3. The first-order chi connectivity index (χ1) is 9.76. The monoisotopic (exact) mass is 274 g/mol. The van der Waals surface area contributed by atoms with E-state index >= 15 is 0 Å². The zero-order chi connectivity index (χ0) is 14.1. The van der Waals surface area contributed by atoms with Gasteiger partial charge in [0.05, 0.1) is 12.2 Å². The van der Waals surface area contributed by atoms with Crippen molar-refractivity contribution in [2.75, 3.05) is 36.0 Å². The fourth-order valence-corrected chi connectivity index (χ4v) is 3.19. The van der Waals surface area contributed by atoms with Crippen molar-refractivity contribution in [3.05, 3.63) is 18.2 Å². The molecule has 0 radical (unpaired) electrons. The molecule has 0 unspecified atom stereocenters. The van der Waals surface area contributed by atoms with Crippen LogP contribution in [-0.2, 0) is 4.79 Å². The third-order valence-corrected chi connectivity index (χ3v) is 4.40. The number of carbonyl (C=O) groups is 1. The van der Waals surface area contributed by atoms with Crippen molar-refractivity contribution in [1.29, 1.82) is 0 Å². The largest absolute Gasteiger partial charge is 0.489 e. The maximum absolute atomic E-state index is 12.7. The Morgan fingerprint density at radius 3 is 2.80 bits per heavy atom. The lowest BCUT2D eigenvalue weighted by molar-refractivity contribution is -0.122. The van der Waals surface area contributed by atoms with E-state index in [0.29, 0.717) is 0 Å². The molecule has 0 bridgehead atoms. The minimum absolute atomic E-state index is 0.127. The summed E-state index contributed by atoms with van der Waals surface area (Å²) in [6.45, 7) is 7.51. The fourth-order valence-electron chi connectivity index (χ4n) is 3.19. The van der Waals surface area contributed by atoms with Crippen LogP contribution < -0.4 is 14.5 Å². The number of nitrogens with zero attached hydrogens (tertiary/aromatic N) is 2. The highest BCUT2D eigenvalue weighted by molar-refractivity contribution is 6.00. The Hall–Kier alpha value is -1.71. The zero-order valence-electron chi connectivity index (χ0n) is 12.3. The number of benzene rings is 1. The van der Waals surface area contributed by atoms with E-state index in [4.69, 9.17) is 4.74 Å². The number of carbonyl (C=O) groups excluding carboxylic acids is 1. The predicted octanol–water partition coefficient (Wildman–Crippen LogP) is 2.67. The predicted molar refractivity (Wildman–Crippen MR) is 80.6 cm³/mol. The van der Waals surface area contributed by atoms with Gasteiger partial charge in [-0.25, -0.2) is 0 Å². The minimum Gasteiger partial charge on any atom is -0.489 e. The van der Waals surface area contributed by atoms with E-state index in [0.717, 1.165) is 56.2 Å². The Labute approximate surface area is 120 Å². The number of ether oxygens (including phenoxy) is 1. The highest BCUT2D eigenvalue weighted by Crippen LogP contribution is 2.43. The molecule has 1 aromatic carbocycles. The van der Waals surface area contributed by atoms with Gasteiger partial charge in [-0.3, -0.25) is 4.79 Å². The maximum atomic E-state index is 12.7. The summed E-state index contributed by atoms with van der Waals surface area (Å²) >= 11 is 0. The van der Waals surface area contributed by atoms with Crippen molar-refractivity contribution in [3.63, 3.8) is 0 Å². The molecule has 0 atom stereocenters. The molecule has 0 saturated heterocycles. The quantitative estimate of drug-likeness (QED) is 0.849. The summed E-state index contributed by atoms with van der Waals surface area (Å²) in [6.07, 6.45) is 1.81. The van der Waals surface area contributed by atoms with Crippen molar-refractivity contribution in [2.24, 2.45) is 5.92 Å². The second-order valence-electron chi connectivity index (χ2n) is 5.46. The van der Waals surface area contributed by atoms with E-state index in [1.807, 2.05) is 23.1 Å². The molecule has 4 nitrogen and oxygen atoms in total. The lowest BCUT2D eigenvalue weighted by atomic mass is 10.00. The van der Waals surface area contributed by atoms with Crippen LogP contribution in [0.3, 0.4) is 0 Å². The summed E-state index contributed by atoms with van der Waals surface area (Å²) in [5.41, 5.74) is 2.12. The Morgan fingerprint density at radius 2 is 2.05 bits per heavy atom. The molecule has 0 aliphatic carbocycles. The van der Waals surface area contributed by atoms with E-state index in [1.54, 1.807) is 0 Å². The van der Waals surface area contributed by atoms with Gasteiger partial charge in [-0.15, -0.1) is 0 Å². The van der Waals surface area contributed by atoms with Gasteiger partial charge < -0.3 is 14.5 Å². The molecule has 1 aromatic rings. The van der Waals surface area contributed by atoms with Crippen molar-refractivity contribution in [3.8, 4) is 5.75 Å². The molecule has 108 valence electrons. The molecule has 0 saturated carbocycles. The van der Waals surface area contributed by atoms with Crippen LogP contribution in [0, 0.1) is 5.92 Å². The number of hydrogen-bond acceptors (Lipinski definition) is 3. The van der Waals surface area contributed by atoms with Gasteiger partial charge >= 0.3 is 0 Å². The van der Waals surface area contributed by atoms with Crippen LogP contribution in [0.25, 0.3) is 0 Å². The Morgan fingerprint density at radius 1 is 1.25 bits per heavy atom. The highest BCUT2D eigenvalue weighted by atomic mass is 16.5. The molecular weight excluding hydrogens is 252 g/mol. The van der Waals surface area contributed by atoms with E-state index in [-0.39, 0.29) is 11.8 Å². The summed E-state index contributed by atoms with van der Waals surface area (Å²) in [6, 6.07) is 6.02. The van der Waals surface area contributed by atoms with Crippen LogP contribution in [0.2, 0.25) is 0 Å². The third-order valence-electron chi connectivity index (χ3n) is 4.40. The summed E-state index contributed by atoms with van der Waals surface area (Å²) in [5.74, 6) is 1.30. The average molecular weight is 274 g/mol. The van der Waals surface area contributed by atoms with Crippen LogP contribution in [0.1, 0.15) is 26.7 Å². The van der Waals surface area contributed by atoms with Gasteiger partial charge in [0.1, 0.15) is 18.0 Å². The third kappa shape index (κ3) is 2.03. The van der Waals surface area contributed by atoms with E-state index in [9.17, 15) is 4.79 Å². The number of anilines is 2. The molecule has 3 rings (SSSR count). The smallest absolute Gasteiger partial charge is 0.230 e. The molecule has 0 fully saturated rings. The first kappa shape index (κ1) is 13.3. The summed E-state index contributed by atoms with van der Waals surface area (Å²) < 4.78 is 5.73. The van der Waals surface area contributed by atoms with Crippen LogP contribution in [0.5, 0.6) is 5.75 Å². The molecule has 0 N–H and O–H groups in total. The molecule has 0 aromatic heterocycles. The average Bonchev–Trinajstić information content (AvgIpc) is 2.49. The Bertz CT molecular complexity index is 511. The second kappa shape index (κ2) is 5.35. The molecule has 2 heterocycles. The molecule has 1 amide bonds. The molecule has 0 spiro atoms. The Kier molecular flexibility index (Phi) is 3.55. The molecule has 20 heavy (non-hydrogen) atoms. The summed E-state index contributed by atoms with van der Waals surface area (Å²) in [7, 11) is 0. The number of para-hydroxylation sites is 1. The molecule has 2 aliphatic rings. The zero-order valence-corrected chi connectivity index (χ0v) is 12.3. The van der Waals surface area contributed by atoms with Gasteiger partial charge in [0, 0.05) is 19.0 Å². The lowest BCUT2D eigenvalue weighted by Gasteiger charge is -2.41. The van der Waals surface area contributed by atoms with Crippen molar-refractivity contribution >= 4 is 17.3 Å². The molecule has 4 heteroatoms. The molecular formula is C16H22N2O2. The second-order valence-corrected chi connectivity index (χ2v) is 5.46. The van der Waals surface area contributed by atoms with Crippen LogP contribution in [0.4, 0.5) is 11.4 Å². The SMILES string of the molecule is CCC(CC)C(=O)N1CCN2CCOc3cccc1c32. The van der Waals surface area contributed by atoms with Gasteiger partial charge in [-0.05, 0) is 25.0 Å². The van der Waals surface area contributed by atoms with Crippen molar-refractivity contribution in [2.45, 2.75) is 26.7 Å². The van der Waals surface area contributed by atoms with Gasteiger partial charge in [0.2, 0.25) is 5.91 Å². The normalized spacial score (nSPS) is 16.9. The van der Waals surface area contributed by atoms with Crippen molar-refractivity contribution < 1.29 is 9.53 Å². The van der Waals surface area contributed by atoms with Gasteiger partial charge in [-0.2, -0.15) is 0 Å². The topological polar surface area (TPSA) is 32.8 Å². The lowest BCUT2D eigenvalue weighted by Crippen LogP contribution is -2.48. The van der Waals surface area contributed by atoms with Gasteiger partial charge in [0.25, 0.3) is 0 Å². The van der Waals surface area contributed by atoms with E-state index in [2.05, 4.69) is 18.7 Å². The fraction of sp³-hybridized carbons (Fsp3) is 0.562. The number of amides is 1. The van der Waals surface area contributed by atoms with Gasteiger partial charge in [0.15, 0.2) is 0 Å². The number of hydrogen-bond donors (Lipinski definition) is 0. The standard InChI is InChI=1S/C16H22N2O2/c1-3-12(4-2)16(19)18-9-8-17-10-11-20-14-7-5-6-13(18)15(14)17/h5-7,12H,3-4,8-11H2,1-2H3. The van der Waals surface area contributed by atoms with E-state index < -0.39 is 0 Å². The van der Waals surface area contributed by atoms with E-state index in [1.165, 1.54) is 0 Å². The first-order valence-electron chi connectivity index (χ1n) is 7.58. The minimum atomic E-state index is 0.127. The highest BCUT2D eigenvalue weighted by Gasteiger charge is 2.33. The van der Waals surface area contributed by atoms with Crippen LogP contribution in [0.15, 0.2) is 18.2 Å².